The Labute approximate surface area is 140 Å². The van der Waals surface area contributed by atoms with Crippen LogP contribution in [0.3, 0.4) is 0 Å². The van der Waals surface area contributed by atoms with Crippen LogP contribution in [0.15, 0.2) is 41.1 Å². The number of esters is 1. The highest BCUT2D eigenvalue weighted by Gasteiger charge is 2.36. The van der Waals surface area contributed by atoms with E-state index in [0.717, 1.165) is 0 Å². The van der Waals surface area contributed by atoms with Gasteiger partial charge in [-0.2, -0.15) is 0 Å². The van der Waals surface area contributed by atoms with Crippen molar-refractivity contribution in [2.75, 3.05) is 27.4 Å². The number of nitrogens with zero attached hydrogens (tertiary/aromatic N) is 1. The second-order valence-corrected chi connectivity index (χ2v) is 5.39. The van der Waals surface area contributed by atoms with Crippen molar-refractivity contribution in [1.82, 2.24) is 4.90 Å². The van der Waals surface area contributed by atoms with Crippen LogP contribution in [0.1, 0.15) is 12.5 Å². The molecule has 122 valence electrons. The Balaban J connectivity index is 2.50. The first-order valence-electron chi connectivity index (χ1n) is 7.07. The third-order valence-corrected chi connectivity index (χ3v) is 3.97. The van der Waals surface area contributed by atoms with Gasteiger partial charge in [0.15, 0.2) is 0 Å². The molecule has 0 unspecified atom stereocenters. The molecule has 0 atom stereocenters. The topological polar surface area (TPSA) is 55.8 Å². The number of halogens is 1. The van der Waals surface area contributed by atoms with Gasteiger partial charge < -0.3 is 14.4 Å². The summed E-state index contributed by atoms with van der Waals surface area (Å²) in [4.78, 5) is 26.3. The highest BCUT2D eigenvalue weighted by Crippen LogP contribution is 2.32. The van der Waals surface area contributed by atoms with Crippen molar-refractivity contribution < 1.29 is 19.1 Å². The number of carbonyl (C=O) groups excluding carboxylic acids is 2. The van der Waals surface area contributed by atoms with Crippen molar-refractivity contribution in [2.24, 2.45) is 0 Å². The Morgan fingerprint density at radius 1 is 1.30 bits per heavy atom. The van der Waals surface area contributed by atoms with E-state index < -0.39 is 5.97 Å². The van der Waals surface area contributed by atoms with Gasteiger partial charge in [-0.15, -0.1) is 0 Å². The van der Waals surface area contributed by atoms with E-state index in [-0.39, 0.29) is 17.1 Å². The summed E-state index contributed by atoms with van der Waals surface area (Å²) in [5.74, 6) is -0.811. The minimum absolute atomic E-state index is 0.258. The summed E-state index contributed by atoms with van der Waals surface area (Å²) in [5.41, 5.74) is 1.75. The molecule has 0 radical (unpaired) electrons. The first-order valence-corrected chi connectivity index (χ1v) is 7.45. The number of hydrogen-bond acceptors (Lipinski definition) is 4. The van der Waals surface area contributed by atoms with Gasteiger partial charge in [0.2, 0.25) is 0 Å². The van der Waals surface area contributed by atoms with Crippen LogP contribution >= 0.6 is 11.6 Å². The normalized spacial score (nSPS) is 16.4. The molecule has 1 amide bonds. The summed E-state index contributed by atoms with van der Waals surface area (Å²) in [6, 6.07) is 7.12. The van der Waals surface area contributed by atoms with E-state index >= 15 is 0 Å². The van der Waals surface area contributed by atoms with Crippen LogP contribution in [0.5, 0.6) is 0 Å². The Hall–Kier alpha value is -2.11. The van der Waals surface area contributed by atoms with Crippen molar-refractivity contribution in [2.45, 2.75) is 6.92 Å². The van der Waals surface area contributed by atoms with Gasteiger partial charge >= 0.3 is 5.97 Å². The van der Waals surface area contributed by atoms with Crippen LogP contribution in [0.4, 0.5) is 0 Å². The maximum atomic E-state index is 12.7. The maximum absolute atomic E-state index is 12.7. The fourth-order valence-electron chi connectivity index (χ4n) is 2.43. The van der Waals surface area contributed by atoms with Gasteiger partial charge in [0.05, 0.1) is 24.9 Å². The quantitative estimate of drug-likeness (QED) is 0.613. The molecule has 5 nitrogen and oxygen atoms in total. The largest absolute Gasteiger partial charge is 0.465 e. The maximum Gasteiger partial charge on any atom is 0.340 e. The van der Waals surface area contributed by atoms with E-state index in [0.29, 0.717) is 29.4 Å². The van der Waals surface area contributed by atoms with Crippen molar-refractivity contribution >= 4 is 29.6 Å². The van der Waals surface area contributed by atoms with E-state index in [2.05, 4.69) is 0 Å². The zero-order valence-corrected chi connectivity index (χ0v) is 14.0. The molecule has 0 bridgehead atoms. The lowest BCUT2D eigenvalue weighted by Gasteiger charge is -2.16. The van der Waals surface area contributed by atoms with E-state index in [1.807, 2.05) is 6.07 Å². The molecule has 0 N–H and O–H groups in total. The Bertz CT molecular complexity index is 694. The zero-order chi connectivity index (χ0) is 17.0. The molecule has 1 aromatic rings. The Morgan fingerprint density at radius 3 is 2.61 bits per heavy atom. The predicted octanol–water partition coefficient (Wildman–Crippen LogP) is 2.66. The third kappa shape index (κ3) is 3.46. The molecule has 0 spiro atoms. The average Bonchev–Trinajstić information content (AvgIpc) is 2.77. The van der Waals surface area contributed by atoms with Gasteiger partial charge in [-0.3, -0.25) is 4.79 Å². The van der Waals surface area contributed by atoms with Gasteiger partial charge in [0.1, 0.15) is 0 Å². The van der Waals surface area contributed by atoms with Gasteiger partial charge in [0, 0.05) is 24.4 Å². The number of rotatable bonds is 5. The molecular weight excluding hydrogens is 318 g/mol. The second kappa shape index (κ2) is 7.44. The number of carbonyl (C=O) groups is 2. The second-order valence-electron chi connectivity index (χ2n) is 4.98. The first kappa shape index (κ1) is 17.2. The van der Waals surface area contributed by atoms with Crippen LogP contribution in [0.2, 0.25) is 5.02 Å². The summed E-state index contributed by atoms with van der Waals surface area (Å²) in [6.07, 6.45) is 1.62. The van der Waals surface area contributed by atoms with Crippen LogP contribution in [0, 0.1) is 0 Å². The van der Waals surface area contributed by atoms with E-state index in [4.69, 9.17) is 21.1 Å². The van der Waals surface area contributed by atoms with Crippen molar-refractivity contribution in [3.05, 3.63) is 51.7 Å². The lowest BCUT2D eigenvalue weighted by atomic mass is 10.0. The molecule has 0 fully saturated rings. The standard InChI is InChI=1S/C17H18ClNO4/c1-11-15(17(21)23-3)13(16(20)19(11)8-9-22-2)10-12-6-4-5-7-14(12)18/h4-7,10H,8-9H2,1-3H3. The smallest absolute Gasteiger partial charge is 0.340 e. The molecule has 0 saturated carbocycles. The summed E-state index contributed by atoms with van der Waals surface area (Å²) in [5, 5.41) is 0.505. The fourth-order valence-corrected chi connectivity index (χ4v) is 2.62. The zero-order valence-electron chi connectivity index (χ0n) is 13.3. The molecule has 0 aromatic heterocycles. The molecule has 1 aromatic carbocycles. The average molecular weight is 336 g/mol. The molecule has 0 saturated heterocycles. The molecule has 0 aliphatic carbocycles. The lowest BCUT2D eigenvalue weighted by molar-refractivity contribution is -0.136. The number of benzene rings is 1. The highest BCUT2D eigenvalue weighted by atomic mass is 35.5. The van der Waals surface area contributed by atoms with E-state index in [9.17, 15) is 9.59 Å². The van der Waals surface area contributed by atoms with Crippen molar-refractivity contribution in [1.29, 1.82) is 0 Å². The summed E-state index contributed by atoms with van der Waals surface area (Å²) >= 11 is 6.15. The van der Waals surface area contributed by atoms with Gasteiger partial charge in [0.25, 0.3) is 5.91 Å². The van der Waals surface area contributed by atoms with Crippen LogP contribution in [0.25, 0.3) is 6.08 Å². The minimum atomic E-state index is -0.547. The van der Waals surface area contributed by atoms with E-state index in [1.165, 1.54) is 12.0 Å². The van der Waals surface area contributed by atoms with Crippen LogP contribution < -0.4 is 0 Å². The molecule has 1 aliphatic rings. The SMILES string of the molecule is COCCN1C(=O)C(=Cc2ccccc2Cl)C(C(=O)OC)=C1C. The summed E-state index contributed by atoms with van der Waals surface area (Å²) in [6.45, 7) is 2.45. The highest BCUT2D eigenvalue weighted by molar-refractivity contribution is 6.32. The minimum Gasteiger partial charge on any atom is -0.465 e. The number of methoxy groups -OCH3 is 2. The van der Waals surface area contributed by atoms with Crippen molar-refractivity contribution in [3.8, 4) is 0 Å². The molecule has 1 heterocycles. The number of hydrogen-bond donors (Lipinski definition) is 0. The molecular formula is C17H18ClNO4. The Kier molecular flexibility index (Phi) is 5.58. The van der Waals surface area contributed by atoms with Gasteiger partial charge in [-0.25, -0.2) is 4.79 Å². The summed E-state index contributed by atoms with van der Waals surface area (Å²) in [7, 11) is 2.85. The lowest BCUT2D eigenvalue weighted by Crippen LogP contribution is -2.28. The first-order chi connectivity index (χ1) is 11.0. The molecule has 2 rings (SSSR count). The molecule has 23 heavy (non-hydrogen) atoms. The predicted molar refractivity (Wildman–Crippen MR) is 87.7 cm³/mol. The Morgan fingerprint density at radius 2 is 2.00 bits per heavy atom. The van der Waals surface area contributed by atoms with Gasteiger partial charge in [-0.1, -0.05) is 29.8 Å². The molecule has 6 heteroatoms. The van der Waals surface area contributed by atoms with Crippen molar-refractivity contribution in [3.63, 3.8) is 0 Å². The summed E-state index contributed by atoms with van der Waals surface area (Å²) < 4.78 is 9.84. The molecule has 1 aliphatic heterocycles. The van der Waals surface area contributed by atoms with Gasteiger partial charge in [-0.05, 0) is 24.6 Å². The number of amides is 1. The van der Waals surface area contributed by atoms with E-state index in [1.54, 1.807) is 38.3 Å². The number of ether oxygens (including phenoxy) is 2. The van der Waals surface area contributed by atoms with Crippen LogP contribution in [-0.2, 0) is 19.1 Å². The third-order valence-electron chi connectivity index (χ3n) is 3.63. The fraction of sp³-hybridized carbons (Fsp3) is 0.294. The monoisotopic (exact) mass is 335 g/mol. The van der Waals surface area contributed by atoms with Crippen LogP contribution in [-0.4, -0.2) is 44.1 Å². The number of allylic oxidation sites excluding steroid dienone is 1.